The standard InChI is InChI=1S/C8H11N3O2/c12-8(13)10-5-1-3-7(10)11-6-2-4-9-11/h2,4,6-7H,1,3,5H2,(H,12,13). The van der Waals surface area contributed by atoms with Gasteiger partial charge in [-0.25, -0.2) is 9.48 Å². The van der Waals surface area contributed by atoms with Crippen LogP contribution in [0.1, 0.15) is 19.0 Å². The van der Waals surface area contributed by atoms with Crippen LogP contribution in [-0.4, -0.2) is 32.4 Å². The van der Waals surface area contributed by atoms with Gasteiger partial charge in [-0.15, -0.1) is 0 Å². The quantitative estimate of drug-likeness (QED) is 0.707. The summed E-state index contributed by atoms with van der Waals surface area (Å²) in [6.07, 6.45) is 4.26. The second kappa shape index (κ2) is 3.08. The first-order valence-corrected chi connectivity index (χ1v) is 4.28. The normalized spacial score (nSPS) is 22.2. The number of carbonyl (C=O) groups is 1. The maximum Gasteiger partial charge on any atom is 0.409 e. The molecule has 13 heavy (non-hydrogen) atoms. The lowest BCUT2D eigenvalue weighted by atomic mass is 10.3. The third-order valence-corrected chi connectivity index (χ3v) is 2.30. The number of likely N-dealkylation sites (tertiary alicyclic amines) is 1. The fourth-order valence-electron chi connectivity index (χ4n) is 1.70. The molecule has 1 aliphatic heterocycles. The van der Waals surface area contributed by atoms with E-state index in [9.17, 15) is 4.79 Å². The van der Waals surface area contributed by atoms with Crippen LogP contribution in [0.2, 0.25) is 0 Å². The first-order chi connectivity index (χ1) is 6.29. The zero-order chi connectivity index (χ0) is 9.26. The van der Waals surface area contributed by atoms with Crippen LogP contribution in [0.3, 0.4) is 0 Å². The summed E-state index contributed by atoms with van der Waals surface area (Å²) < 4.78 is 1.70. The highest BCUT2D eigenvalue weighted by atomic mass is 16.4. The molecule has 1 atom stereocenters. The topological polar surface area (TPSA) is 58.4 Å². The molecule has 5 heteroatoms. The Morgan fingerprint density at radius 1 is 1.62 bits per heavy atom. The van der Waals surface area contributed by atoms with Crippen molar-refractivity contribution >= 4 is 6.09 Å². The Bertz CT molecular complexity index is 296. The van der Waals surface area contributed by atoms with Gasteiger partial charge in [0, 0.05) is 18.9 Å². The minimum absolute atomic E-state index is 0.104. The molecule has 1 N–H and O–H groups in total. The Hall–Kier alpha value is -1.52. The number of aromatic nitrogens is 2. The second-order valence-corrected chi connectivity index (χ2v) is 3.08. The Labute approximate surface area is 75.6 Å². The highest BCUT2D eigenvalue weighted by Gasteiger charge is 2.29. The molecule has 70 valence electrons. The smallest absolute Gasteiger partial charge is 0.409 e. The number of amides is 1. The van der Waals surface area contributed by atoms with Gasteiger partial charge in [0.15, 0.2) is 0 Å². The van der Waals surface area contributed by atoms with E-state index in [0.717, 1.165) is 12.8 Å². The first kappa shape index (κ1) is 8.10. The van der Waals surface area contributed by atoms with Gasteiger partial charge in [-0.3, -0.25) is 4.90 Å². The van der Waals surface area contributed by atoms with E-state index in [-0.39, 0.29) is 6.17 Å². The molecule has 2 heterocycles. The Kier molecular flexibility index (Phi) is 1.92. The molecule has 1 aromatic heterocycles. The van der Waals surface area contributed by atoms with Crippen LogP contribution < -0.4 is 0 Å². The third-order valence-electron chi connectivity index (χ3n) is 2.30. The summed E-state index contributed by atoms with van der Waals surface area (Å²) in [5, 5.41) is 12.9. The van der Waals surface area contributed by atoms with Crippen molar-refractivity contribution in [2.24, 2.45) is 0 Å². The van der Waals surface area contributed by atoms with Gasteiger partial charge in [-0.2, -0.15) is 5.10 Å². The van der Waals surface area contributed by atoms with Crippen LogP contribution in [0.15, 0.2) is 18.5 Å². The van der Waals surface area contributed by atoms with E-state index in [1.54, 1.807) is 23.1 Å². The second-order valence-electron chi connectivity index (χ2n) is 3.08. The fourth-order valence-corrected chi connectivity index (χ4v) is 1.70. The molecule has 0 radical (unpaired) electrons. The minimum Gasteiger partial charge on any atom is -0.465 e. The lowest BCUT2D eigenvalue weighted by molar-refractivity contribution is 0.120. The molecule has 1 aromatic rings. The SMILES string of the molecule is O=C(O)N1CCCC1n1cccn1. The van der Waals surface area contributed by atoms with Crippen molar-refractivity contribution in [3.8, 4) is 0 Å². The number of rotatable bonds is 1. The average molecular weight is 181 g/mol. The van der Waals surface area contributed by atoms with Crippen molar-refractivity contribution in [3.63, 3.8) is 0 Å². The molecular weight excluding hydrogens is 170 g/mol. The number of carboxylic acid groups (broad SMARTS) is 1. The molecule has 0 spiro atoms. The van der Waals surface area contributed by atoms with E-state index in [1.165, 1.54) is 4.90 Å². The number of hydrogen-bond donors (Lipinski definition) is 1. The molecule has 0 aromatic carbocycles. The largest absolute Gasteiger partial charge is 0.465 e. The van der Waals surface area contributed by atoms with Crippen LogP contribution in [0, 0.1) is 0 Å². The lowest BCUT2D eigenvalue weighted by Crippen LogP contribution is -2.32. The van der Waals surface area contributed by atoms with E-state index < -0.39 is 6.09 Å². The zero-order valence-corrected chi connectivity index (χ0v) is 7.13. The van der Waals surface area contributed by atoms with Crippen molar-refractivity contribution in [1.29, 1.82) is 0 Å². The van der Waals surface area contributed by atoms with Crippen molar-refractivity contribution < 1.29 is 9.90 Å². The van der Waals surface area contributed by atoms with E-state index in [4.69, 9.17) is 5.11 Å². The molecular formula is C8H11N3O2. The van der Waals surface area contributed by atoms with Crippen molar-refractivity contribution in [3.05, 3.63) is 18.5 Å². The highest BCUT2D eigenvalue weighted by molar-refractivity contribution is 5.65. The Morgan fingerprint density at radius 3 is 3.08 bits per heavy atom. The van der Waals surface area contributed by atoms with Crippen LogP contribution in [0.4, 0.5) is 4.79 Å². The van der Waals surface area contributed by atoms with E-state index >= 15 is 0 Å². The van der Waals surface area contributed by atoms with Gasteiger partial charge in [0.05, 0.1) is 0 Å². The molecule has 1 fully saturated rings. The molecule has 2 rings (SSSR count). The molecule has 1 amide bonds. The molecule has 0 saturated carbocycles. The van der Waals surface area contributed by atoms with Crippen LogP contribution in [-0.2, 0) is 0 Å². The lowest BCUT2D eigenvalue weighted by Gasteiger charge is -2.21. The first-order valence-electron chi connectivity index (χ1n) is 4.28. The summed E-state index contributed by atoms with van der Waals surface area (Å²) in [5.41, 5.74) is 0. The molecule has 1 unspecified atom stereocenters. The van der Waals surface area contributed by atoms with Gasteiger partial charge >= 0.3 is 6.09 Å². The number of hydrogen-bond acceptors (Lipinski definition) is 2. The van der Waals surface area contributed by atoms with Crippen LogP contribution in [0.25, 0.3) is 0 Å². The average Bonchev–Trinajstić information content (AvgIpc) is 2.74. The molecule has 1 aliphatic rings. The third kappa shape index (κ3) is 1.37. The summed E-state index contributed by atoms with van der Waals surface area (Å²) in [6.45, 7) is 0.611. The Morgan fingerprint density at radius 2 is 2.46 bits per heavy atom. The van der Waals surface area contributed by atoms with Gasteiger partial charge < -0.3 is 5.11 Å². The summed E-state index contributed by atoms with van der Waals surface area (Å²) >= 11 is 0. The van der Waals surface area contributed by atoms with Gasteiger partial charge in [-0.1, -0.05) is 0 Å². The van der Waals surface area contributed by atoms with Gasteiger partial charge in [-0.05, 0) is 18.9 Å². The van der Waals surface area contributed by atoms with Crippen LogP contribution in [0.5, 0.6) is 0 Å². The predicted molar refractivity (Wildman–Crippen MR) is 45.2 cm³/mol. The summed E-state index contributed by atoms with van der Waals surface area (Å²) in [4.78, 5) is 12.2. The molecule has 0 bridgehead atoms. The maximum absolute atomic E-state index is 10.8. The number of nitrogens with zero attached hydrogens (tertiary/aromatic N) is 3. The summed E-state index contributed by atoms with van der Waals surface area (Å²) in [6, 6.07) is 1.80. The fraction of sp³-hybridized carbons (Fsp3) is 0.500. The summed E-state index contributed by atoms with van der Waals surface area (Å²) in [7, 11) is 0. The molecule has 0 aliphatic carbocycles. The molecule has 1 saturated heterocycles. The Balaban J connectivity index is 2.19. The van der Waals surface area contributed by atoms with E-state index in [1.807, 2.05) is 0 Å². The zero-order valence-electron chi connectivity index (χ0n) is 7.13. The van der Waals surface area contributed by atoms with Crippen LogP contribution >= 0.6 is 0 Å². The van der Waals surface area contributed by atoms with E-state index in [0.29, 0.717) is 6.54 Å². The van der Waals surface area contributed by atoms with Crippen molar-refractivity contribution in [2.75, 3.05) is 6.54 Å². The van der Waals surface area contributed by atoms with Gasteiger partial charge in [0.2, 0.25) is 0 Å². The molecule has 5 nitrogen and oxygen atoms in total. The minimum atomic E-state index is -0.863. The monoisotopic (exact) mass is 181 g/mol. The van der Waals surface area contributed by atoms with Crippen molar-refractivity contribution in [1.82, 2.24) is 14.7 Å². The summed E-state index contributed by atoms with van der Waals surface area (Å²) in [5.74, 6) is 0. The van der Waals surface area contributed by atoms with Crippen molar-refractivity contribution in [2.45, 2.75) is 19.0 Å². The van der Waals surface area contributed by atoms with Gasteiger partial charge in [0.1, 0.15) is 6.17 Å². The van der Waals surface area contributed by atoms with Gasteiger partial charge in [0.25, 0.3) is 0 Å². The highest BCUT2D eigenvalue weighted by Crippen LogP contribution is 2.25. The predicted octanol–water partition coefficient (Wildman–Crippen LogP) is 1.16. The van der Waals surface area contributed by atoms with E-state index in [2.05, 4.69) is 5.10 Å². The maximum atomic E-state index is 10.8.